The highest BCUT2D eigenvalue weighted by Gasteiger charge is 2.22. The molecule has 4 nitrogen and oxygen atoms in total. The van der Waals surface area contributed by atoms with E-state index in [1.54, 1.807) is 18.2 Å². The molecular formula is C14H20BrNO3. The minimum atomic E-state index is -0.188. The van der Waals surface area contributed by atoms with Crippen molar-refractivity contribution in [3.05, 3.63) is 23.8 Å². The molecule has 106 valence electrons. The van der Waals surface area contributed by atoms with Gasteiger partial charge in [0.05, 0.1) is 14.2 Å². The van der Waals surface area contributed by atoms with E-state index in [0.29, 0.717) is 28.3 Å². The second-order valence-corrected chi connectivity index (χ2v) is 5.16. The van der Waals surface area contributed by atoms with Crippen molar-refractivity contribution in [3.8, 4) is 11.5 Å². The Morgan fingerprint density at radius 1 is 1.26 bits per heavy atom. The third-order valence-electron chi connectivity index (χ3n) is 2.94. The summed E-state index contributed by atoms with van der Waals surface area (Å²) in [6, 6.07) is 5.34. The Labute approximate surface area is 122 Å². The van der Waals surface area contributed by atoms with Gasteiger partial charge >= 0.3 is 0 Å². The first kappa shape index (κ1) is 15.8. The molecule has 19 heavy (non-hydrogen) atoms. The second-order valence-electron chi connectivity index (χ2n) is 4.52. The lowest BCUT2D eigenvalue weighted by Gasteiger charge is -2.21. The van der Waals surface area contributed by atoms with E-state index in [4.69, 9.17) is 9.47 Å². The summed E-state index contributed by atoms with van der Waals surface area (Å²) in [7, 11) is 3.08. The van der Waals surface area contributed by atoms with Gasteiger partial charge in [-0.15, -0.1) is 0 Å². The van der Waals surface area contributed by atoms with Gasteiger partial charge in [-0.2, -0.15) is 0 Å². The lowest BCUT2D eigenvalue weighted by Crippen LogP contribution is -2.40. The molecule has 5 heteroatoms. The first-order chi connectivity index (χ1) is 9.04. The highest BCUT2D eigenvalue weighted by Crippen LogP contribution is 2.28. The van der Waals surface area contributed by atoms with Gasteiger partial charge in [-0.25, -0.2) is 0 Å². The van der Waals surface area contributed by atoms with Gasteiger partial charge < -0.3 is 14.8 Å². The van der Waals surface area contributed by atoms with Crippen LogP contribution in [0.3, 0.4) is 0 Å². The van der Waals surface area contributed by atoms with Crippen LogP contribution in [0.5, 0.6) is 11.5 Å². The fraction of sp³-hybridized carbons (Fsp3) is 0.500. The number of halogens is 1. The maximum absolute atomic E-state index is 12.4. The molecule has 0 aliphatic rings. The molecule has 0 fully saturated rings. The van der Waals surface area contributed by atoms with Crippen LogP contribution < -0.4 is 14.8 Å². The Hall–Kier alpha value is -1.23. The maximum atomic E-state index is 12.4. The smallest absolute Gasteiger partial charge is 0.259 e. The van der Waals surface area contributed by atoms with Crippen LogP contribution in [-0.4, -0.2) is 31.5 Å². The molecule has 1 aromatic rings. The van der Waals surface area contributed by atoms with Gasteiger partial charge in [-0.05, 0) is 18.1 Å². The summed E-state index contributed by atoms with van der Waals surface area (Å²) in [6.45, 7) is 4.12. The number of nitrogens with one attached hydrogen (secondary N) is 1. The molecule has 1 N–H and O–H groups in total. The second kappa shape index (κ2) is 7.38. The van der Waals surface area contributed by atoms with E-state index < -0.39 is 0 Å². The van der Waals surface area contributed by atoms with Crippen molar-refractivity contribution in [2.45, 2.75) is 19.9 Å². The Morgan fingerprint density at radius 2 is 1.79 bits per heavy atom. The molecular weight excluding hydrogens is 310 g/mol. The highest BCUT2D eigenvalue weighted by atomic mass is 79.9. The Balaban J connectivity index is 3.04. The van der Waals surface area contributed by atoms with Gasteiger partial charge in [0.2, 0.25) is 0 Å². The topological polar surface area (TPSA) is 47.6 Å². The number of amides is 1. The number of carbonyl (C=O) groups is 1. The van der Waals surface area contributed by atoms with E-state index in [2.05, 4.69) is 35.1 Å². The van der Waals surface area contributed by atoms with Gasteiger partial charge in [0.25, 0.3) is 5.91 Å². The van der Waals surface area contributed by atoms with Gasteiger partial charge in [0.1, 0.15) is 17.1 Å². The fourth-order valence-corrected chi connectivity index (χ4v) is 2.61. The van der Waals surface area contributed by atoms with Crippen LogP contribution in [0.2, 0.25) is 0 Å². The van der Waals surface area contributed by atoms with Crippen molar-refractivity contribution in [1.82, 2.24) is 5.32 Å². The van der Waals surface area contributed by atoms with Crippen LogP contribution >= 0.6 is 15.9 Å². The van der Waals surface area contributed by atoms with Crippen LogP contribution in [0.1, 0.15) is 24.2 Å². The predicted octanol–water partition coefficient (Wildman–Crippen LogP) is 2.85. The van der Waals surface area contributed by atoms with Gasteiger partial charge in [-0.1, -0.05) is 35.8 Å². The number of ether oxygens (including phenoxy) is 2. The molecule has 0 spiro atoms. The number of alkyl halides is 1. The highest BCUT2D eigenvalue weighted by molar-refractivity contribution is 9.09. The number of methoxy groups -OCH3 is 2. The molecule has 1 amide bonds. The first-order valence-electron chi connectivity index (χ1n) is 6.13. The Bertz CT molecular complexity index is 412. The van der Waals surface area contributed by atoms with Crippen LogP contribution in [0.25, 0.3) is 0 Å². The number of hydrogen-bond donors (Lipinski definition) is 1. The summed E-state index contributed by atoms with van der Waals surface area (Å²) in [5.41, 5.74) is 0.430. The average molecular weight is 330 g/mol. The minimum Gasteiger partial charge on any atom is -0.496 e. The Morgan fingerprint density at radius 3 is 2.16 bits per heavy atom. The quantitative estimate of drug-likeness (QED) is 0.816. The monoisotopic (exact) mass is 329 g/mol. The van der Waals surface area contributed by atoms with Crippen molar-refractivity contribution in [1.29, 1.82) is 0 Å². The standard InChI is InChI=1S/C14H20BrNO3/c1-9(2)10(8-15)16-14(17)13-11(18-3)6-5-7-12(13)19-4/h5-7,9-10H,8H2,1-4H3,(H,16,17). The van der Waals surface area contributed by atoms with Crippen LogP contribution in [0.4, 0.5) is 0 Å². The molecule has 1 unspecified atom stereocenters. The zero-order chi connectivity index (χ0) is 14.4. The molecule has 0 aromatic heterocycles. The van der Waals surface area contributed by atoms with E-state index in [-0.39, 0.29) is 11.9 Å². The van der Waals surface area contributed by atoms with Crippen LogP contribution in [-0.2, 0) is 0 Å². The van der Waals surface area contributed by atoms with Crippen molar-refractivity contribution in [2.24, 2.45) is 5.92 Å². The SMILES string of the molecule is COc1cccc(OC)c1C(=O)NC(CBr)C(C)C. The normalized spacial score (nSPS) is 12.1. The van der Waals surface area contributed by atoms with E-state index in [1.165, 1.54) is 14.2 Å². The first-order valence-corrected chi connectivity index (χ1v) is 7.25. The van der Waals surface area contributed by atoms with Crippen LogP contribution in [0.15, 0.2) is 18.2 Å². The van der Waals surface area contributed by atoms with Crippen LogP contribution in [0, 0.1) is 5.92 Å². The molecule has 0 aliphatic carbocycles. The van der Waals surface area contributed by atoms with E-state index in [9.17, 15) is 4.79 Å². The summed E-state index contributed by atoms with van der Waals surface area (Å²) >= 11 is 3.41. The molecule has 0 heterocycles. The number of hydrogen-bond acceptors (Lipinski definition) is 3. The summed E-state index contributed by atoms with van der Waals surface area (Å²) in [5.74, 6) is 1.17. The summed E-state index contributed by atoms with van der Waals surface area (Å²) in [4.78, 5) is 12.4. The molecule has 1 aromatic carbocycles. The van der Waals surface area contributed by atoms with E-state index >= 15 is 0 Å². The molecule has 1 rings (SSSR count). The molecule has 0 radical (unpaired) electrons. The largest absolute Gasteiger partial charge is 0.496 e. The molecule has 0 saturated carbocycles. The molecule has 0 aliphatic heterocycles. The third kappa shape index (κ3) is 3.86. The van der Waals surface area contributed by atoms with Crippen molar-refractivity contribution < 1.29 is 14.3 Å². The van der Waals surface area contributed by atoms with E-state index in [1.807, 2.05) is 0 Å². The summed E-state index contributed by atoms with van der Waals surface area (Å²) < 4.78 is 10.5. The minimum absolute atomic E-state index is 0.0575. The third-order valence-corrected chi connectivity index (χ3v) is 3.64. The lowest BCUT2D eigenvalue weighted by atomic mass is 10.1. The zero-order valence-corrected chi connectivity index (χ0v) is 13.3. The van der Waals surface area contributed by atoms with Crippen molar-refractivity contribution in [2.75, 3.05) is 19.5 Å². The number of carbonyl (C=O) groups excluding carboxylic acids is 1. The summed E-state index contributed by atoms with van der Waals surface area (Å²) in [5, 5.41) is 3.69. The van der Waals surface area contributed by atoms with Gasteiger partial charge in [-0.3, -0.25) is 4.79 Å². The van der Waals surface area contributed by atoms with Crippen molar-refractivity contribution in [3.63, 3.8) is 0 Å². The molecule has 1 atom stereocenters. The maximum Gasteiger partial charge on any atom is 0.259 e. The lowest BCUT2D eigenvalue weighted by molar-refractivity contribution is 0.0925. The fourth-order valence-electron chi connectivity index (χ4n) is 1.70. The molecule has 0 bridgehead atoms. The zero-order valence-electron chi connectivity index (χ0n) is 11.7. The Kier molecular flexibility index (Phi) is 6.15. The van der Waals surface area contributed by atoms with Gasteiger partial charge in [0.15, 0.2) is 0 Å². The van der Waals surface area contributed by atoms with Crippen molar-refractivity contribution >= 4 is 21.8 Å². The predicted molar refractivity (Wildman–Crippen MR) is 79.4 cm³/mol. The average Bonchev–Trinajstić information content (AvgIpc) is 2.42. The summed E-state index contributed by atoms with van der Waals surface area (Å²) in [6.07, 6.45) is 0. The number of rotatable bonds is 6. The number of benzene rings is 1. The van der Waals surface area contributed by atoms with E-state index in [0.717, 1.165) is 0 Å². The molecule has 0 saturated heterocycles. The van der Waals surface area contributed by atoms with Gasteiger partial charge in [0, 0.05) is 11.4 Å².